The van der Waals surface area contributed by atoms with Crippen molar-refractivity contribution in [1.82, 2.24) is 15.1 Å². The molecule has 0 saturated carbocycles. The molecule has 35 heavy (non-hydrogen) atoms. The number of carbonyl (C=O) groups is 2. The minimum Gasteiger partial charge on any atom is -0.463 e. The lowest BCUT2D eigenvalue weighted by Crippen LogP contribution is -2.64. The quantitative estimate of drug-likeness (QED) is 0.421. The Morgan fingerprint density at radius 2 is 1.97 bits per heavy atom. The summed E-state index contributed by atoms with van der Waals surface area (Å²) < 4.78 is 7.07. The molecular formula is C27H25ClN4O3. The van der Waals surface area contributed by atoms with Crippen molar-refractivity contribution in [3.63, 3.8) is 0 Å². The van der Waals surface area contributed by atoms with E-state index >= 15 is 0 Å². The Hall–Kier alpha value is -3.84. The molecule has 1 aliphatic rings. The summed E-state index contributed by atoms with van der Waals surface area (Å²) in [4.78, 5) is 29.2. The number of rotatable bonds is 5. The first-order chi connectivity index (χ1) is 16.8. The van der Waals surface area contributed by atoms with Gasteiger partial charge < -0.3 is 9.73 Å². The zero-order chi connectivity index (χ0) is 24.7. The van der Waals surface area contributed by atoms with Crippen molar-refractivity contribution < 1.29 is 14.0 Å². The molecule has 0 radical (unpaired) electrons. The Balaban J connectivity index is 1.56. The van der Waals surface area contributed by atoms with E-state index in [4.69, 9.17) is 16.0 Å². The van der Waals surface area contributed by atoms with Crippen LogP contribution in [-0.4, -0.2) is 27.1 Å². The minimum absolute atomic E-state index is 0.177. The van der Waals surface area contributed by atoms with Crippen molar-refractivity contribution >= 4 is 29.1 Å². The molecule has 1 aliphatic heterocycles. The second-order valence-electron chi connectivity index (χ2n) is 9.07. The van der Waals surface area contributed by atoms with Gasteiger partial charge in [-0.3, -0.25) is 19.2 Å². The molecule has 2 aromatic carbocycles. The summed E-state index contributed by atoms with van der Waals surface area (Å²) in [5.41, 5.74) is 3.20. The average Bonchev–Trinajstić information content (AvgIpc) is 3.49. The van der Waals surface area contributed by atoms with Gasteiger partial charge in [-0.25, -0.2) is 0 Å². The highest BCUT2D eigenvalue weighted by Crippen LogP contribution is 2.36. The van der Waals surface area contributed by atoms with Gasteiger partial charge in [0, 0.05) is 23.3 Å². The molecule has 0 saturated heterocycles. The van der Waals surface area contributed by atoms with E-state index in [1.165, 1.54) is 0 Å². The summed E-state index contributed by atoms with van der Waals surface area (Å²) in [5, 5.41) is 8.19. The summed E-state index contributed by atoms with van der Waals surface area (Å²) in [5.74, 6) is -0.0397. The maximum Gasteiger partial charge on any atom is 0.277 e. The number of benzene rings is 2. The van der Waals surface area contributed by atoms with E-state index in [-0.39, 0.29) is 18.4 Å². The van der Waals surface area contributed by atoms with Crippen LogP contribution in [0.4, 0.5) is 5.69 Å². The van der Waals surface area contributed by atoms with Crippen LogP contribution in [0.2, 0.25) is 5.02 Å². The highest BCUT2D eigenvalue weighted by Gasteiger charge is 2.49. The number of carbonyl (C=O) groups excluding carboxylic acids is 2. The highest BCUT2D eigenvalue weighted by molar-refractivity contribution is 6.30. The Bertz CT molecular complexity index is 1430. The summed E-state index contributed by atoms with van der Waals surface area (Å²) in [7, 11) is 0. The average molecular weight is 489 g/mol. The molecule has 3 heterocycles. The Labute approximate surface area is 208 Å². The van der Waals surface area contributed by atoms with Gasteiger partial charge in [0.2, 0.25) is 5.91 Å². The number of fused-ring (bicyclic) bond motifs is 1. The van der Waals surface area contributed by atoms with E-state index in [0.29, 0.717) is 34.4 Å². The molecule has 0 bridgehead atoms. The van der Waals surface area contributed by atoms with E-state index in [2.05, 4.69) is 10.4 Å². The van der Waals surface area contributed by atoms with Crippen molar-refractivity contribution in [2.24, 2.45) is 0 Å². The monoisotopic (exact) mass is 488 g/mol. The van der Waals surface area contributed by atoms with E-state index < -0.39 is 5.54 Å². The van der Waals surface area contributed by atoms with Crippen LogP contribution in [0.5, 0.6) is 0 Å². The number of nitrogens with one attached hydrogen (secondary N) is 1. The van der Waals surface area contributed by atoms with Crippen molar-refractivity contribution in [2.45, 2.75) is 39.4 Å². The lowest BCUT2D eigenvalue weighted by Gasteiger charge is -2.43. The molecule has 4 aromatic rings. The second kappa shape index (κ2) is 8.74. The van der Waals surface area contributed by atoms with Crippen LogP contribution in [0.15, 0.2) is 71.3 Å². The predicted octanol–water partition coefficient (Wildman–Crippen LogP) is 5.15. The number of halogens is 1. The summed E-state index contributed by atoms with van der Waals surface area (Å²) in [6.07, 6.45) is 1.56. The number of amides is 2. The van der Waals surface area contributed by atoms with Gasteiger partial charge in [0.25, 0.3) is 5.91 Å². The van der Waals surface area contributed by atoms with Crippen molar-refractivity contribution in [3.05, 3.63) is 94.3 Å². The molecule has 2 aromatic heterocycles. The van der Waals surface area contributed by atoms with Crippen molar-refractivity contribution in [2.75, 3.05) is 4.90 Å². The van der Waals surface area contributed by atoms with Crippen molar-refractivity contribution in [3.8, 4) is 11.5 Å². The molecule has 1 unspecified atom stereocenters. The lowest BCUT2D eigenvalue weighted by atomic mass is 9.93. The fourth-order valence-electron chi connectivity index (χ4n) is 4.57. The van der Waals surface area contributed by atoms with Crippen LogP contribution >= 0.6 is 11.6 Å². The second-order valence-corrected chi connectivity index (χ2v) is 9.50. The Morgan fingerprint density at radius 1 is 1.14 bits per heavy atom. The van der Waals surface area contributed by atoms with Crippen LogP contribution in [0.25, 0.3) is 11.5 Å². The number of hydrogen-bond donors (Lipinski definition) is 1. The lowest BCUT2D eigenvalue weighted by molar-refractivity contribution is -0.126. The summed E-state index contributed by atoms with van der Waals surface area (Å²) >= 11 is 6.19. The van der Waals surface area contributed by atoms with Crippen LogP contribution in [0.1, 0.15) is 34.1 Å². The normalized spacial score (nSPS) is 17.4. The Morgan fingerprint density at radius 3 is 2.69 bits per heavy atom. The minimum atomic E-state index is -1.24. The molecule has 1 atom stereocenters. The maximum absolute atomic E-state index is 13.9. The van der Waals surface area contributed by atoms with Gasteiger partial charge in [-0.15, -0.1) is 0 Å². The van der Waals surface area contributed by atoms with Crippen LogP contribution in [0, 0.1) is 13.8 Å². The number of hydrogen-bond acceptors (Lipinski definition) is 4. The topological polar surface area (TPSA) is 80.4 Å². The smallest absolute Gasteiger partial charge is 0.277 e. The number of furan rings is 1. The largest absolute Gasteiger partial charge is 0.463 e. The third kappa shape index (κ3) is 4.12. The number of aryl methyl sites for hydroxylation is 2. The molecule has 0 spiro atoms. The van der Waals surface area contributed by atoms with Gasteiger partial charge in [-0.05, 0) is 62.2 Å². The molecule has 0 aliphatic carbocycles. The zero-order valence-corrected chi connectivity index (χ0v) is 20.5. The first-order valence-electron chi connectivity index (χ1n) is 11.3. The van der Waals surface area contributed by atoms with Gasteiger partial charge in [-0.1, -0.05) is 41.4 Å². The summed E-state index contributed by atoms with van der Waals surface area (Å²) in [6.45, 7) is 6.17. The van der Waals surface area contributed by atoms with Gasteiger partial charge in [-0.2, -0.15) is 5.10 Å². The molecule has 0 fully saturated rings. The van der Waals surface area contributed by atoms with Crippen molar-refractivity contribution in [1.29, 1.82) is 0 Å². The fraction of sp³-hybridized carbons (Fsp3) is 0.222. The molecule has 7 nitrogen and oxygen atoms in total. The molecule has 5 rings (SSSR count). The van der Waals surface area contributed by atoms with Gasteiger partial charge in [0.05, 0.1) is 12.8 Å². The number of anilines is 1. The summed E-state index contributed by atoms with van der Waals surface area (Å²) in [6, 6.07) is 18.5. The predicted molar refractivity (Wildman–Crippen MR) is 134 cm³/mol. The van der Waals surface area contributed by atoms with Crippen LogP contribution in [0.3, 0.4) is 0 Å². The molecular weight excluding hydrogens is 464 g/mol. The van der Waals surface area contributed by atoms with E-state index in [1.54, 1.807) is 59.2 Å². The van der Waals surface area contributed by atoms with E-state index in [1.807, 2.05) is 38.1 Å². The third-order valence-corrected chi connectivity index (χ3v) is 6.59. The van der Waals surface area contributed by atoms with Gasteiger partial charge in [0.1, 0.15) is 16.9 Å². The SMILES string of the molecule is Cc1cccc(CNC(=O)C2(C)Cn3nc(-c4ccco4)cc3C(=O)N2c2ccc(Cl)cc2C)c1. The van der Waals surface area contributed by atoms with Crippen LogP contribution < -0.4 is 10.2 Å². The van der Waals surface area contributed by atoms with E-state index in [0.717, 1.165) is 16.7 Å². The first kappa shape index (κ1) is 22.9. The molecule has 8 heteroatoms. The van der Waals surface area contributed by atoms with Gasteiger partial charge >= 0.3 is 0 Å². The van der Waals surface area contributed by atoms with E-state index in [9.17, 15) is 9.59 Å². The van der Waals surface area contributed by atoms with Gasteiger partial charge in [0.15, 0.2) is 5.76 Å². The highest BCUT2D eigenvalue weighted by atomic mass is 35.5. The maximum atomic E-state index is 13.9. The van der Waals surface area contributed by atoms with Crippen LogP contribution in [-0.2, 0) is 17.9 Å². The molecule has 2 amide bonds. The molecule has 1 N–H and O–H groups in total. The first-order valence-corrected chi connectivity index (χ1v) is 11.7. The number of aromatic nitrogens is 2. The third-order valence-electron chi connectivity index (χ3n) is 6.35. The Kier molecular flexibility index (Phi) is 5.73. The molecule has 178 valence electrons. The zero-order valence-electron chi connectivity index (χ0n) is 19.7. The number of nitrogens with zero attached hydrogens (tertiary/aromatic N) is 3. The standard InChI is InChI=1S/C27H25ClN4O3/c1-17-6-4-7-19(12-17)15-29-26(34)27(3)16-31-23(14-21(30-31)24-8-5-11-35-24)25(33)32(27)22-10-9-20(28)13-18(22)2/h4-14H,15-16H2,1-3H3,(H,29,34). The fourth-order valence-corrected chi connectivity index (χ4v) is 4.80.